The number of hydrogen-bond acceptors (Lipinski definition) is 1. The first-order chi connectivity index (χ1) is 3.77. The van der Waals surface area contributed by atoms with E-state index in [1.807, 2.05) is 13.0 Å². The fraction of sp³-hybridized carbons (Fsp3) is 0.429. The Morgan fingerprint density at radius 1 is 1.62 bits per heavy atom. The van der Waals surface area contributed by atoms with Crippen LogP contribution >= 0.6 is 0 Å². The molecular weight excluding hydrogens is 100 g/mol. The lowest BCUT2D eigenvalue weighted by atomic mass is 10.4. The van der Waals surface area contributed by atoms with Gasteiger partial charge in [0, 0.05) is 0 Å². The summed E-state index contributed by atoms with van der Waals surface area (Å²) in [6.45, 7) is 3.52. The van der Waals surface area contributed by atoms with Gasteiger partial charge in [-0.3, -0.25) is 0 Å². The molecule has 0 rings (SSSR count). The Balaban J connectivity index is 3.51. The zero-order valence-corrected chi connectivity index (χ0v) is 5.18. The van der Waals surface area contributed by atoms with E-state index >= 15 is 0 Å². The standard InChI is InChI=1S/C7H10O/c1-3-4-5-6-7(2)8/h3-4,7-8H,1-2H3/b4-3+/t7-/m0/s1. The fourth-order valence-electron chi connectivity index (χ4n) is 0.252. The van der Waals surface area contributed by atoms with Crippen molar-refractivity contribution in [3.63, 3.8) is 0 Å². The van der Waals surface area contributed by atoms with Crippen LogP contribution in [0.2, 0.25) is 0 Å². The second-order valence-corrected chi connectivity index (χ2v) is 1.46. The van der Waals surface area contributed by atoms with Gasteiger partial charge in [0.15, 0.2) is 0 Å². The second kappa shape index (κ2) is 4.42. The van der Waals surface area contributed by atoms with E-state index in [4.69, 9.17) is 5.11 Å². The van der Waals surface area contributed by atoms with Gasteiger partial charge < -0.3 is 5.11 Å². The summed E-state index contributed by atoms with van der Waals surface area (Å²) in [6.07, 6.45) is 3.02. The molecule has 0 fully saturated rings. The maximum Gasteiger partial charge on any atom is 0.112 e. The van der Waals surface area contributed by atoms with Crippen molar-refractivity contribution >= 4 is 0 Å². The molecule has 0 radical (unpaired) electrons. The average Bonchev–Trinajstić information content (AvgIpc) is 1.66. The Labute approximate surface area is 50.0 Å². The summed E-state index contributed by atoms with van der Waals surface area (Å²) in [6, 6.07) is 0. The van der Waals surface area contributed by atoms with Crippen LogP contribution in [0, 0.1) is 11.8 Å². The number of allylic oxidation sites excluding steroid dienone is 2. The van der Waals surface area contributed by atoms with Gasteiger partial charge >= 0.3 is 0 Å². The topological polar surface area (TPSA) is 20.2 Å². The first-order valence-corrected chi connectivity index (χ1v) is 2.57. The molecule has 0 saturated heterocycles. The van der Waals surface area contributed by atoms with Gasteiger partial charge in [0.05, 0.1) is 0 Å². The maximum atomic E-state index is 8.57. The highest BCUT2D eigenvalue weighted by Crippen LogP contribution is 1.72. The largest absolute Gasteiger partial charge is 0.381 e. The summed E-state index contributed by atoms with van der Waals surface area (Å²) >= 11 is 0. The van der Waals surface area contributed by atoms with E-state index in [9.17, 15) is 0 Å². The molecule has 0 aromatic rings. The van der Waals surface area contributed by atoms with Crippen molar-refractivity contribution in [3.05, 3.63) is 12.2 Å². The van der Waals surface area contributed by atoms with Crippen LogP contribution in [0.4, 0.5) is 0 Å². The molecule has 8 heavy (non-hydrogen) atoms. The van der Waals surface area contributed by atoms with Gasteiger partial charge in [0.25, 0.3) is 0 Å². The molecule has 0 aliphatic carbocycles. The van der Waals surface area contributed by atoms with Crippen LogP contribution in [0.25, 0.3) is 0 Å². The molecule has 0 aromatic heterocycles. The van der Waals surface area contributed by atoms with Crippen molar-refractivity contribution in [1.29, 1.82) is 0 Å². The number of hydrogen-bond donors (Lipinski definition) is 1. The van der Waals surface area contributed by atoms with Crippen molar-refractivity contribution in [1.82, 2.24) is 0 Å². The molecule has 1 nitrogen and oxygen atoms in total. The van der Waals surface area contributed by atoms with Crippen molar-refractivity contribution in [2.45, 2.75) is 20.0 Å². The molecule has 44 valence electrons. The van der Waals surface area contributed by atoms with E-state index in [2.05, 4.69) is 11.8 Å². The van der Waals surface area contributed by atoms with Crippen LogP contribution in [0.5, 0.6) is 0 Å². The molecular formula is C7H10O. The maximum absolute atomic E-state index is 8.57. The molecule has 0 aromatic carbocycles. The summed E-state index contributed by atoms with van der Waals surface area (Å²) in [5.41, 5.74) is 0. The first kappa shape index (κ1) is 7.26. The molecule has 0 spiro atoms. The Morgan fingerprint density at radius 2 is 2.25 bits per heavy atom. The summed E-state index contributed by atoms with van der Waals surface area (Å²) in [4.78, 5) is 0. The van der Waals surface area contributed by atoms with E-state index in [1.165, 1.54) is 0 Å². The Kier molecular flexibility index (Phi) is 4.01. The predicted octanol–water partition coefficient (Wildman–Crippen LogP) is 0.947. The third-order valence-corrected chi connectivity index (χ3v) is 0.542. The minimum Gasteiger partial charge on any atom is -0.381 e. The lowest BCUT2D eigenvalue weighted by molar-refractivity contribution is 0.253. The minimum absolute atomic E-state index is 0.508. The lowest BCUT2D eigenvalue weighted by Gasteiger charge is -1.83. The molecule has 0 heterocycles. The molecule has 1 atom stereocenters. The van der Waals surface area contributed by atoms with Gasteiger partial charge in [-0.15, -0.1) is 0 Å². The van der Waals surface area contributed by atoms with Gasteiger partial charge in [-0.2, -0.15) is 0 Å². The molecule has 1 heteroatoms. The highest BCUT2D eigenvalue weighted by atomic mass is 16.3. The molecule has 0 bridgehead atoms. The van der Waals surface area contributed by atoms with Crippen molar-refractivity contribution in [2.24, 2.45) is 0 Å². The van der Waals surface area contributed by atoms with Crippen LogP contribution < -0.4 is 0 Å². The van der Waals surface area contributed by atoms with E-state index in [1.54, 1.807) is 13.0 Å². The van der Waals surface area contributed by atoms with E-state index < -0.39 is 6.10 Å². The Morgan fingerprint density at radius 3 is 2.62 bits per heavy atom. The van der Waals surface area contributed by atoms with Gasteiger partial charge in [0.2, 0.25) is 0 Å². The van der Waals surface area contributed by atoms with Crippen LogP contribution in [-0.4, -0.2) is 11.2 Å². The van der Waals surface area contributed by atoms with Crippen molar-refractivity contribution in [3.8, 4) is 11.8 Å². The van der Waals surface area contributed by atoms with E-state index in [0.29, 0.717) is 0 Å². The van der Waals surface area contributed by atoms with Gasteiger partial charge in [-0.1, -0.05) is 17.9 Å². The fourth-order valence-corrected chi connectivity index (χ4v) is 0.252. The summed E-state index contributed by atoms with van der Waals surface area (Å²) in [7, 11) is 0. The van der Waals surface area contributed by atoms with E-state index in [-0.39, 0.29) is 0 Å². The molecule has 0 saturated carbocycles. The van der Waals surface area contributed by atoms with Gasteiger partial charge in [0.1, 0.15) is 6.10 Å². The highest BCUT2D eigenvalue weighted by molar-refractivity contribution is 5.16. The molecule has 1 N–H and O–H groups in total. The first-order valence-electron chi connectivity index (χ1n) is 2.57. The van der Waals surface area contributed by atoms with Gasteiger partial charge in [-0.05, 0) is 19.9 Å². The second-order valence-electron chi connectivity index (χ2n) is 1.46. The van der Waals surface area contributed by atoms with Crippen molar-refractivity contribution < 1.29 is 5.11 Å². The monoisotopic (exact) mass is 110 g/mol. The Hall–Kier alpha value is -0.740. The third kappa shape index (κ3) is 5.26. The average molecular weight is 110 g/mol. The van der Waals surface area contributed by atoms with Crippen LogP contribution in [0.3, 0.4) is 0 Å². The quantitative estimate of drug-likeness (QED) is 0.460. The zero-order chi connectivity index (χ0) is 6.41. The third-order valence-electron chi connectivity index (χ3n) is 0.542. The SMILES string of the molecule is C/C=C/C#C[C@H](C)O. The van der Waals surface area contributed by atoms with Gasteiger partial charge in [-0.25, -0.2) is 0 Å². The summed E-state index contributed by atoms with van der Waals surface area (Å²) in [5, 5.41) is 8.57. The smallest absolute Gasteiger partial charge is 0.112 e. The molecule has 0 unspecified atom stereocenters. The summed E-state index contributed by atoms with van der Waals surface area (Å²) < 4.78 is 0. The highest BCUT2D eigenvalue weighted by Gasteiger charge is 1.78. The number of aliphatic hydroxyl groups excluding tert-OH is 1. The van der Waals surface area contributed by atoms with Crippen LogP contribution in [-0.2, 0) is 0 Å². The van der Waals surface area contributed by atoms with Crippen LogP contribution in [0.1, 0.15) is 13.8 Å². The number of aliphatic hydroxyl groups is 1. The van der Waals surface area contributed by atoms with Crippen LogP contribution in [0.15, 0.2) is 12.2 Å². The number of rotatable bonds is 0. The normalized spacial score (nSPS) is 12.9. The molecule has 0 aliphatic heterocycles. The summed E-state index contributed by atoms with van der Waals surface area (Å²) in [5.74, 6) is 5.22. The van der Waals surface area contributed by atoms with Crippen molar-refractivity contribution in [2.75, 3.05) is 0 Å². The molecule has 0 amide bonds. The predicted molar refractivity (Wildman–Crippen MR) is 34.3 cm³/mol. The molecule has 0 aliphatic rings. The zero-order valence-electron chi connectivity index (χ0n) is 5.18. The minimum atomic E-state index is -0.508. The lowest BCUT2D eigenvalue weighted by Crippen LogP contribution is -1.91. The Bertz CT molecular complexity index is 123. The van der Waals surface area contributed by atoms with E-state index in [0.717, 1.165) is 0 Å².